The van der Waals surface area contributed by atoms with Gasteiger partial charge in [-0.25, -0.2) is 23.4 Å². The summed E-state index contributed by atoms with van der Waals surface area (Å²) in [6, 6.07) is 7.16. The Balaban J connectivity index is 1.50. The molecule has 210 valence electrons. The van der Waals surface area contributed by atoms with Crippen LogP contribution in [0.2, 0.25) is 0 Å². The number of aryl methyl sites for hydroxylation is 2. The zero-order chi connectivity index (χ0) is 28.0. The highest BCUT2D eigenvalue weighted by Gasteiger charge is 2.32. The average Bonchev–Trinajstić information content (AvgIpc) is 3.65. The molecule has 2 aliphatic rings. The Morgan fingerprint density at radius 1 is 1.18 bits per heavy atom. The molecule has 2 N–H and O–H groups in total. The number of pyridine rings is 1. The van der Waals surface area contributed by atoms with Crippen LogP contribution >= 0.6 is 0 Å². The number of hydrogen-bond donors (Lipinski definition) is 2. The molecular formula is C27H30F2N8O3. The average molecular weight is 553 g/mol. The molecule has 0 bridgehead atoms. The molecule has 40 heavy (non-hydrogen) atoms. The van der Waals surface area contributed by atoms with E-state index in [4.69, 9.17) is 9.47 Å². The van der Waals surface area contributed by atoms with E-state index in [0.717, 1.165) is 42.6 Å². The molecule has 0 spiro atoms. The molecule has 1 aliphatic carbocycles. The number of rotatable bonds is 8. The molecule has 3 aromatic heterocycles. The van der Waals surface area contributed by atoms with Crippen LogP contribution in [0.3, 0.4) is 0 Å². The lowest BCUT2D eigenvalue weighted by atomic mass is 10.1. The molecule has 0 radical (unpaired) electrons. The molecule has 11 nitrogen and oxygen atoms in total. The van der Waals surface area contributed by atoms with Gasteiger partial charge in [-0.3, -0.25) is 9.36 Å². The molecule has 1 aliphatic heterocycles. The van der Waals surface area contributed by atoms with Gasteiger partial charge >= 0.3 is 0 Å². The van der Waals surface area contributed by atoms with Gasteiger partial charge in [0.25, 0.3) is 6.43 Å². The van der Waals surface area contributed by atoms with Crippen LogP contribution in [0, 0.1) is 12.8 Å². The first-order chi connectivity index (χ1) is 19.4. The number of imidazole rings is 1. The number of para-hydroxylation sites is 1. The number of fused-ring (bicyclic) bond motifs is 1. The summed E-state index contributed by atoms with van der Waals surface area (Å²) in [5.41, 5.74) is 3.65. The van der Waals surface area contributed by atoms with Crippen LogP contribution in [0.4, 0.5) is 26.0 Å². The molecule has 4 heterocycles. The van der Waals surface area contributed by atoms with E-state index in [9.17, 15) is 13.6 Å². The standard InChI is InChI=1S/C27H30F2N8O3/c1-14-22(36(2)35-34-14)16-7-6-8-17(23(16)39-3)30-18-13-19(32-27(38)15-10-11-15)31-25-21(18)33-26(24(28)29)37(25)20-9-4-5-12-40-20/h6-8,13,15,20,24H,4-5,9-12H2,1-3H3,(H2,30,31,32,38). The Bertz CT molecular complexity index is 1550. The van der Waals surface area contributed by atoms with E-state index in [-0.39, 0.29) is 28.8 Å². The van der Waals surface area contributed by atoms with E-state index < -0.39 is 18.5 Å². The van der Waals surface area contributed by atoms with Crippen LogP contribution in [0.1, 0.15) is 56.3 Å². The highest BCUT2D eigenvalue weighted by atomic mass is 19.3. The number of aromatic nitrogens is 6. The quantitative estimate of drug-likeness (QED) is 0.303. The Morgan fingerprint density at radius 3 is 2.65 bits per heavy atom. The summed E-state index contributed by atoms with van der Waals surface area (Å²) in [6.45, 7) is 2.32. The van der Waals surface area contributed by atoms with E-state index in [1.165, 1.54) is 4.57 Å². The van der Waals surface area contributed by atoms with Gasteiger partial charge in [0.1, 0.15) is 17.6 Å². The van der Waals surface area contributed by atoms with E-state index in [1.54, 1.807) is 24.9 Å². The maximum atomic E-state index is 14.3. The zero-order valence-electron chi connectivity index (χ0n) is 22.4. The van der Waals surface area contributed by atoms with Crippen molar-refractivity contribution >= 4 is 34.3 Å². The maximum absolute atomic E-state index is 14.3. The van der Waals surface area contributed by atoms with Crippen molar-refractivity contribution in [3.05, 3.63) is 35.8 Å². The van der Waals surface area contributed by atoms with Crippen molar-refractivity contribution in [3.8, 4) is 17.0 Å². The van der Waals surface area contributed by atoms with Crippen molar-refractivity contribution in [3.63, 3.8) is 0 Å². The number of alkyl halides is 2. The number of benzene rings is 1. The van der Waals surface area contributed by atoms with Crippen molar-refractivity contribution in [2.45, 2.75) is 51.7 Å². The van der Waals surface area contributed by atoms with Crippen molar-refractivity contribution in [1.82, 2.24) is 29.5 Å². The fraction of sp³-hybridized carbons (Fsp3) is 0.444. The SMILES string of the molecule is COc1c(Nc2cc(NC(=O)C3CC3)nc3c2nc(C(F)F)n3C2CCCCO2)cccc1-c1c(C)nnn1C. The number of anilines is 3. The van der Waals surface area contributed by atoms with Crippen LogP contribution in [0.25, 0.3) is 22.4 Å². The van der Waals surface area contributed by atoms with Crippen LogP contribution in [0.5, 0.6) is 5.75 Å². The van der Waals surface area contributed by atoms with E-state index in [0.29, 0.717) is 30.2 Å². The number of nitrogens with one attached hydrogen (secondary N) is 2. The van der Waals surface area contributed by atoms with Crippen LogP contribution in [0.15, 0.2) is 24.3 Å². The fourth-order valence-electron chi connectivity index (χ4n) is 5.19. The molecule has 1 unspecified atom stereocenters. The summed E-state index contributed by atoms with van der Waals surface area (Å²) in [4.78, 5) is 21.6. The topological polar surface area (TPSA) is 121 Å². The van der Waals surface area contributed by atoms with Gasteiger partial charge in [0.15, 0.2) is 17.2 Å². The molecule has 4 aromatic rings. The Morgan fingerprint density at radius 2 is 2.00 bits per heavy atom. The van der Waals surface area contributed by atoms with Gasteiger partial charge < -0.3 is 20.1 Å². The zero-order valence-corrected chi connectivity index (χ0v) is 22.4. The lowest BCUT2D eigenvalue weighted by Crippen LogP contribution is -2.21. The van der Waals surface area contributed by atoms with Gasteiger partial charge in [-0.05, 0) is 51.2 Å². The molecule has 1 saturated heterocycles. The molecular weight excluding hydrogens is 522 g/mol. The highest BCUT2D eigenvalue weighted by Crippen LogP contribution is 2.41. The minimum atomic E-state index is -2.85. The first-order valence-electron chi connectivity index (χ1n) is 13.3. The van der Waals surface area contributed by atoms with Crippen LogP contribution in [-0.2, 0) is 16.6 Å². The summed E-state index contributed by atoms with van der Waals surface area (Å²) < 4.78 is 43.3. The predicted molar refractivity (Wildman–Crippen MR) is 144 cm³/mol. The number of amides is 1. The van der Waals surface area contributed by atoms with Crippen molar-refractivity contribution in [1.29, 1.82) is 0 Å². The van der Waals surface area contributed by atoms with Crippen molar-refractivity contribution in [2.24, 2.45) is 13.0 Å². The first-order valence-corrected chi connectivity index (χ1v) is 13.3. The van der Waals surface area contributed by atoms with Crippen molar-refractivity contribution < 1.29 is 23.0 Å². The second-order valence-electron chi connectivity index (χ2n) is 10.1. The molecule has 6 rings (SSSR count). The number of nitrogens with zero attached hydrogens (tertiary/aromatic N) is 6. The van der Waals surface area contributed by atoms with Gasteiger partial charge in [-0.2, -0.15) is 0 Å². The normalized spacial score (nSPS) is 17.4. The van der Waals surface area contributed by atoms with E-state index in [1.807, 2.05) is 25.1 Å². The van der Waals surface area contributed by atoms with Gasteiger partial charge in [0.05, 0.1) is 29.9 Å². The molecule has 1 atom stereocenters. The lowest BCUT2D eigenvalue weighted by molar-refractivity contribution is -0.117. The van der Waals surface area contributed by atoms with Crippen LogP contribution < -0.4 is 15.4 Å². The summed E-state index contributed by atoms with van der Waals surface area (Å²) in [7, 11) is 3.35. The fourth-order valence-corrected chi connectivity index (χ4v) is 5.19. The number of methoxy groups -OCH3 is 1. The second-order valence-corrected chi connectivity index (χ2v) is 10.1. The minimum absolute atomic E-state index is 0.0651. The number of carbonyl (C=O) groups is 1. The van der Waals surface area contributed by atoms with Gasteiger partial charge in [0, 0.05) is 31.2 Å². The van der Waals surface area contributed by atoms with E-state index >= 15 is 0 Å². The summed E-state index contributed by atoms with van der Waals surface area (Å²) in [5.74, 6) is 0.107. The lowest BCUT2D eigenvalue weighted by Gasteiger charge is -2.25. The highest BCUT2D eigenvalue weighted by molar-refractivity contribution is 5.97. The third-order valence-electron chi connectivity index (χ3n) is 7.25. The number of carbonyl (C=O) groups excluding carboxylic acids is 1. The number of hydrogen-bond acceptors (Lipinski definition) is 8. The molecule has 1 aromatic carbocycles. The molecule has 13 heteroatoms. The minimum Gasteiger partial charge on any atom is -0.494 e. The van der Waals surface area contributed by atoms with Gasteiger partial charge in [-0.15, -0.1) is 5.10 Å². The maximum Gasteiger partial charge on any atom is 0.295 e. The largest absolute Gasteiger partial charge is 0.494 e. The smallest absolute Gasteiger partial charge is 0.295 e. The van der Waals surface area contributed by atoms with Crippen LogP contribution in [-0.4, -0.2) is 49.2 Å². The molecule has 1 saturated carbocycles. The van der Waals surface area contributed by atoms with Gasteiger partial charge in [-0.1, -0.05) is 11.3 Å². The third kappa shape index (κ3) is 4.74. The Kier molecular flexibility index (Phi) is 6.82. The third-order valence-corrected chi connectivity index (χ3v) is 7.25. The monoisotopic (exact) mass is 552 g/mol. The predicted octanol–water partition coefficient (Wildman–Crippen LogP) is 5.27. The Labute approximate surface area is 228 Å². The van der Waals surface area contributed by atoms with E-state index in [2.05, 4.69) is 30.9 Å². The number of ether oxygens (including phenoxy) is 2. The second kappa shape index (κ2) is 10.5. The summed E-state index contributed by atoms with van der Waals surface area (Å²) >= 11 is 0. The Hall–Kier alpha value is -4.13. The molecule has 2 fully saturated rings. The first kappa shape index (κ1) is 26.1. The van der Waals surface area contributed by atoms with Crippen molar-refractivity contribution in [2.75, 3.05) is 24.4 Å². The number of halogens is 2. The van der Waals surface area contributed by atoms with Gasteiger partial charge in [0.2, 0.25) is 5.91 Å². The summed E-state index contributed by atoms with van der Waals surface area (Å²) in [5, 5.41) is 14.4. The summed E-state index contributed by atoms with van der Waals surface area (Å²) in [6.07, 6.45) is 0.401. The molecule has 1 amide bonds.